The van der Waals surface area contributed by atoms with Crippen LogP contribution >= 0.6 is 0 Å². The highest BCUT2D eigenvalue weighted by atomic mass is 32.2. The summed E-state index contributed by atoms with van der Waals surface area (Å²) >= 11 is 0. The number of piperidine rings is 1. The summed E-state index contributed by atoms with van der Waals surface area (Å²) in [6, 6.07) is 0. The van der Waals surface area contributed by atoms with Crippen LogP contribution in [0.15, 0.2) is 0 Å². The van der Waals surface area contributed by atoms with Gasteiger partial charge in [0.15, 0.2) is 0 Å². The third-order valence-electron chi connectivity index (χ3n) is 3.97. The molecule has 0 bridgehead atoms. The predicted octanol–water partition coefficient (Wildman–Crippen LogP) is 0.704. The van der Waals surface area contributed by atoms with Crippen molar-refractivity contribution in [1.82, 2.24) is 10.0 Å². The van der Waals surface area contributed by atoms with Crippen molar-refractivity contribution >= 4 is 10.0 Å². The Kier molecular flexibility index (Phi) is 3.29. The average Bonchev–Trinajstić information content (AvgIpc) is 2.85. The van der Waals surface area contributed by atoms with Gasteiger partial charge in [-0.3, -0.25) is 0 Å². The van der Waals surface area contributed by atoms with Crippen LogP contribution in [0.3, 0.4) is 0 Å². The Balaban J connectivity index is 1.83. The van der Waals surface area contributed by atoms with Crippen molar-refractivity contribution < 1.29 is 8.42 Å². The van der Waals surface area contributed by atoms with Gasteiger partial charge in [0.05, 0.1) is 5.25 Å². The Bertz CT molecular complexity index is 345. The summed E-state index contributed by atoms with van der Waals surface area (Å²) in [5.74, 6) is 0.531. The second-order valence-corrected chi connectivity index (χ2v) is 7.78. The zero-order valence-electron chi connectivity index (χ0n) is 10.1. The van der Waals surface area contributed by atoms with Gasteiger partial charge in [-0.05, 0) is 43.7 Å². The third kappa shape index (κ3) is 2.76. The number of nitrogens with one attached hydrogen (secondary N) is 2. The lowest BCUT2D eigenvalue weighted by Crippen LogP contribution is -2.42. The van der Waals surface area contributed by atoms with Crippen molar-refractivity contribution in [2.24, 2.45) is 11.3 Å². The molecular formula is C11H22N2O2S. The molecule has 0 radical (unpaired) electrons. The van der Waals surface area contributed by atoms with E-state index in [0.717, 1.165) is 32.4 Å². The van der Waals surface area contributed by atoms with Crippen LogP contribution in [-0.4, -0.2) is 33.3 Å². The summed E-state index contributed by atoms with van der Waals surface area (Å²) in [4.78, 5) is 0. The van der Waals surface area contributed by atoms with Crippen molar-refractivity contribution in [3.8, 4) is 0 Å². The lowest BCUT2D eigenvalue weighted by atomic mass is 10.1. The summed E-state index contributed by atoms with van der Waals surface area (Å²) in [5.41, 5.74) is 0.344. The van der Waals surface area contributed by atoms with Crippen LogP contribution in [0.5, 0.6) is 0 Å². The highest BCUT2D eigenvalue weighted by molar-refractivity contribution is 7.90. The van der Waals surface area contributed by atoms with E-state index in [9.17, 15) is 8.42 Å². The van der Waals surface area contributed by atoms with Gasteiger partial charge in [0, 0.05) is 6.54 Å². The molecule has 94 valence electrons. The molecule has 0 amide bonds. The minimum atomic E-state index is -3.08. The highest BCUT2D eigenvalue weighted by Crippen LogP contribution is 2.51. The molecule has 2 rings (SSSR count). The van der Waals surface area contributed by atoms with Crippen molar-refractivity contribution in [2.75, 3.05) is 19.6 Å². The summed E-state index contributed by atoms with van der Waals surface area (Å²) in [7, 11) is -3.08. The first-order chi connectivity index (χ1) is 7.42. The molecule has 1 aliphatic heterocycles. The summed E-state index contributed by atoms with van der Waals surface area (Å²) in [6.07, 6.45) is 2.62. The fourth-order valence-corrected chi connectivity index (χ4v) is 3.89. The molecule has 2 N–H and O–H groups in total. The predicted molar refractivity (Wildman–Crippen MR) is 64.7 cm³/mol. The molecule has 1 aliphatic carbocycles. The molecule has 5 heteroatoms. The van der Waals surface area contributed by atoms with Crippen molar-refractivity contribution in [2.45, 2.75) is 38.4 Å². The minimum Gasteiger partial charge on any atom is -0.317 e. The topological polar surface area (TPSA) is 58.2 Å². The molecule has 1 saturated carbocycles. The van der Waals surface area contributed by atoms with E-state index in [1.807, 2.05) is 0 Å². The van der Waals surface area contributed by atoms with Crippen LogP contribution in [0.1, 0.15) is 33.1 Å². The lowest BCUT2D eigenvalue weighted by molar-refractivity contribution is 0.483. The molecule has 0 spiro atoms. The number of hydrogen-bond donors (Lipinski definition) is 2. The van der Waals surface area contributed by atoms with Crippen LogP contribution < -0.4 is 10.0 Å². The monoisotopic (exact) mass is 246 g/mol. The molecular weight excluding hydrogens is 224 g/mol. The van der Waals surface area contributed by atoms with Crippen LogP contribution in [0.25, 0.3) is 0 Å². The van der Waals surface area contributed by atoms with Gasteiger partial charge in [0.25, 0.3) is 0 Å². The molecule has 1 heterocycles. The average molecular weight is 246 g/mol. The van der Waals surface area contributed by atoms with Gasteiger partial charge in [0.2, 0.25) is 10.0 Å². The van der Waals surface area contributed by atoms with E-state index in [2.05, 4.69) is 23.9 Å². The van der Waals surface area contributed by atoms with E-state index in [4.69, 9.17) is 0 Å². The molecule has 4 nitrogen and oxygen atoms in total. The Morgan fingerprint density at radius 3 is 2.38 bits per heavy atom. The first kappa shape index (κ1) is 12.3. The first-order valence-electron chi connectivity index (χ1n) is 6.11. The van der Waals surface area contributed by atoms with Gasteiger partial charge in [-0.2, -0.15) is 0 Å². The summed E-state index contributed by atoms with van der Waals surface area (Å²) < 4.78 is 26.8. The molecule has 1 unspecified atom stereocenters. The minimum absolute atomic E-state index is 0.185. The number of sulfonamides is 1. The molecule has 16 heavy (non-hydrogen) atoms. The molecule has 2 fully saturated rings. The molecule has 0 aromatic rings. The van der Waals surface area contributed by atoms with Crippen molar-refractivity contribution in [3.63, 3.8) is 0 Å². The van der Waals surface area contributed by atoms with Crippen molar-refractivity contribution in [3.05, 3.63) is 0 Å². The Hall–Kier alpha value is -0.130. The van der Waals surface area contributed by atoms with E-state index in [0.29, 0.717) is 17.9 Å². The zero-order chi connectivity index (χ0) is 11.8. The van der Waals surface area contributed by atoms with E-state index in [-0.39, 0.29) is 5.25 Å². The first-order valence-corrected chi connectivity index (χ1v) is 7.66. The lowest BCUT2D eigenvalue weighted by Gasteiger charge is -2.23. The second-order valence-electron chi connectivity index (χ2n) is 5.73. The van der Waals surface area contributed by atoms with Crippen LogP contribution in [0, 0.1) is 11.3 Å². The Morgan fingerprint density at radius 2 is 1.88 bits per heavy atom. The largest absolute Gasteiger partial charge is 0.317 e. The standard InChI is InChI=1S/C11H22N2O2S/c1-11(2)7-9(11)8-13-16(14,15)10-3-5-12-6-4-10/h9-10,12-13H,3-8H2,1-2H3. The van der Waals surface area contributed by atoms with Gasteiger partial charge in [-0.15, -0.1) is 0 Å². The number of hydrogen-bond acceptors (Lipinski definition) is 3. The molecule has 1 saturated heterocycles. The maximum atomic E-state index is 12.0. The van der Waals surface area contributed by atoms with Gasteiger partial charge in [-0.25, -0.2) is 13.1 Å². The van der Waals surface area contributed by atoms with Crippen LogP contribution in [0.2, 0.25) is 0 Å². The van der Waals surface area contributed by atoms with E-state index in [1.165, 1.54) is 0 Å². The van der Waals surface area contributed by atoms with E-state index >= 15 is 0 Å². The summed E-state index contributed by atoms with van der Waals surface area (Å²) in [5, 5.41) is 3.00. The Labute approximate surface area is 98.2 Å². The SMILES string of the molecule is CC1(C)CC1CNS(=O)(=O)C1CCNCC1. The summed E-state index contributed by atoms with van der Waals surface area (Å²) in [6.45, 7) is 6.65. The molecule has 2 aliphatic rings. The maximum absolute atomic E-state index is 12.0. The van der Waals surface area contributed by atoms with E-state index in [1.54, 1.807) is 0 Å². The molecule has 0 aromatic carbocycles. The number of rotatable bonds is 4. The quantitative estimate of drug-likeness (QED) is 0.768. The normalized spacial score (nSPS) is 30.2. The fraction of sp³-hybridized carbons (Fsp3) is 1.00. The molecule has 1 atom stereocenters. The second kappa shape index (κ2) is 4.27. The highest BCUT2D eigenvalue weighted by Gasteiger charge is 2.45. The fourth-order valence-electron chi connectivity index (χ4n) is 2.36. The third-order valence-corrected chi connectivity index (χ3v) is 5.89. The van der Waals surface area contributed by atoms with Crippen molar-refractivity contribution in [1.29, 1.82) is 0 Å². The molecule has 0 aromatic heterocycles. The zero-order valence-corrected chi connectivity index (χ0v) is 10.9. The van der Waals surface area contributed by atoms with Gasteiger partial charge in [0.1, 0.15) is 0 Å². The van der Waals surface area contributed by atoms with E-state index < -0.39 is 10.0 Å². The Morgan fingerprint density at radius 1 is 1.31 bits per heavy atom. The maximum Gasteiger partial charge on any atom is 0.214 e. The van der Waals surface area contributed by atoms with Crippen LogP contribution in [-0.2, 0) is 10.0 Å². The van der Waals surface area contributed by atoms with Gasteiger partial charge in [-0.1, -0.05) is 13.8 Å². The van der Waals surface area contributed by atoms with Crippen LogP contribution in [0.4, 0.5) is 0 Å². The smallest absolute Gasteiger partial charge is 0.214 e. The van der Waals surface area contributed by atoms with Gasteiger partial charge >= 0.3 is 0 Å². The van der Waals surface area contributed by atoms with Gasteiger partial charge < -0.3 is 5.32 Å².